The SMILES string of the molecule is C[C@H]1CCC[C@H](C)N(Cl)C1=O. The molecule has 0 unspecified atom stereocenters. The third-order valence-electron chi connectivity index (χ3n) is 2.28. The number of hydrogen-bond acceptors (Lipinski definition) is 1. The first-order chi connectivity index (χ1) is 5.13. The first-order valence-corrected chi connectivity index (χ1v) is 4.45. The van der Waals surface area contributed by atoms with Crippen molar-refractivity contribution in [1.82, 2.24) is 4.42 Å². The van der Waals surface area contributed by atoms with Gasteiger partial charge in [0, 0.05) is 23.7 Å². The topological polar surface area (TPSA) is 20.3 Å². The van der Waals surface area contributed by atoms with Crippen LogP contribution in [0.1, 0.15) is 33.1 Å². The Morgan fingerprint density at radius 3 is 2.73 bits per heavy atom. The smallest absolute Gasteiger partial charge is 0.239 e. The van der Waals surface area contributed by atoms with Gasteiger partial charge in [-0.25, -0.2) is 0 Å². The summed E-state index contributed by atoms with van der Waals surface area (Å²) in [4.78, 5) is 11.3. The van der Waals surface area contributed by atoms with Crippen LogP contribution in [0.15, 0.2) is 0 Å². The van der Waals surface area contributed by atoms with Crippen LogP contribution >= 0.6 is 11.8 Å². The molecule has 0 spiro atoms. The fourth-order valence-electron chi connectivity index (χ4n) is 1.38. The van der Waals surface area contributed by atoms with E-state index in [1.165, 1.54) is 4.42 Å². The fraction of sp³-hybridized carbons (Fsp3) is 0.875. The van der Waals surface area contributed by atoms with Gasteiger partial charge in [-0.05, 0) is 19.8 Å². The first kappa shape index (κ1) is 8.85. The molecule has 0 aromatic heterocycles. The van der Waals surface area contributed by atoms with Crippen molar-refractivity contribution in [3.8, 4) is 0 Å². The summed E-state index contributed by atoms with van der Waals surface area (Å²) in [6.45, 7) is 3.93. The van der Waals surface area contributed by atoms with Crippen molar-refractivity contribution in [2.75, 3.05) is 0 Å². The van der Waals surface area contributed by atoms with Crippen molar-refractivity contribution in [2.24, 2.45) is 5.92 Å². The molecule has 0 aromatic rings. The molecule has 0 aromatic carbocycles. The van der Waals surface area contributed by atoms with Gasteiger partial charge < -0.3 is 0 Å². The Kier molecular flexibility index (Phi) is 2.77. The van der Waals surface area contributed by atoms with Crippen LogP contribution in [0.25, 0.3) is 0 Å². The van der Waals surface area contributed by atoms with Crippen LogP contribution in [0.5, 0.6) is 0 Å². The molecule has 2 atom stereocenters. The fourth-order valence-corrected chi connectivity index (χ4v) is 1.65. The normalized spacial score (nSPS) is 33.7. The van der Waals surface area contributed by atoms with Gasteiger partial charge in [-0.1, -0.05) is 13.3 Å². The molecule has 1 amide bonds. The molecular weight excluding hydrogens is 162 g/mol. The zero-order valence-corrected chi connectivity index (χ0v) is 7.77. The summed E-state index contributed by atoms with van der Waals surface area (Å²) >= 11 is 5.80. The lowest BCUT2D eigenvalue weighted by Gasteiger charge is -2.19. The quantitative estimate of drug-likeness (QED) is 0.517. The minimum Gasteiger partial charge on any atom is -0.273 e. The van der Waals surface area contributed by atoms with E-state index in [0.29, 0.717) is 0 Å². The predicted molar refractivity (Wildman–Crippen MR) is 45.2 cm³/mol. The third kappa shape index (κ3) is 1.86. The van der Waals surface area contributed by atoms with E-state index in [4.69, 9.17) is 11.8 Å². The second-order valence-electron chi connectivity index (χ2n) is 3.33. The van der Waals surface area contributed by atoms with Crippen LogP contribution < -0.4 is 0 Å². The Morgan fingerprint density at radius 2 is 2.09 bits per heavy atom. The third-order valence-corrected chi connectivity index (χ3v) is 2.78. The van der Waals surface area contributed by atoms with Gasteiger partial charge >= 0.3 is 0 Å². The highest BCUT2D eigenvalue weighted by molar-refractivity contribution is 6.21. The van der Waals surface area contributed by atoms with Gasteiger partial charge in [0.25, 0.3) is 0 Å². The van der Waals surface area contributed by atoms with E-state index in [1.807, 2.05) is 13.8 Å². The highest BCUT2D eigenvalue weighted by Crippen LogP contribution is 2.22. The van der Waals surface area contributed by atoms with Gasteiger partial charge in [0.05, 0.1) is 0 Å². The highest BCUT2D eigenvalue weighted by atomic mass is 35.5. The first-order valence-electron chi connectivity index (χ1n) is 4.11. The van der Waals surface area contributed by atoms with E-state index in [2.05, 4.69) is 0 Å². The molecule has 1 saturated heterocycles. The largest absolute Gasteiger partial charge is 0.273 e. The highest BCUT2D eigenvalue weighted by Gasteiger charge is 2.26. The molecule has 0 saturated carbocycles. The molecular formula is C8H14ClNO. The lowest BCUT2D eigenvalue weighted by Crippen LogP contribution is -2.31. The zero-order chi connectivity index (χ0) is 8.43. The standard InChI is InChI=1S/C8H14ClNO/c1-6-4-3-5-7(2)10(9)8(6)11/h6-7H,3-5H2,1-2H3/t6-,7-/m0/s1. The van der Waals surface area contributed by atoms with Crippen molar-refractivity contribution in [1.29, 1.82) is 0 Å². The van der Waals surface area contributed by atoms with Crippen LogP contribution in [-0.4, -0.2) is 16.4 Å². The summed E-state index contributed by atoms with van der Waals surface area (Å²) in [7, 11) is 0. The van der Waals surface area contributed by atoms with Gasteiger partial charge in [0.15, 0.2) is 0 Å². The maximum Gasteiger partial charge on any atom is 0.239 e. The van der Waals surface area contributed by atoms with Crippen molar-refractivity contribution in [2.45, 2.75) is 39.2 Å². The van der Waals surface area contributed by atoms with E-state index < -0.39 is 0 Å². The van der Waals surface area contributed by atoms with E-state index in [9.17, 15) is 4.79 Å². The molecule has 0 aliphatic carbocycles. The van der Waals surface area contributed by atoms with Gasteiger partial charge in [0.1, 0.15) is 0 Å². The molecule has 1 aliphatic rings. The Bertz CT molecular complexity index is 160. The average molecular weight is 176 g/mol. The second kappa shape index (κ2) is 3.44. The Labute approximate surface area is 72.6 Å². The summed E-state index contributed by atoms with van der Waals surface area (Å²) in [5.41, 5.74) is 0. The van der Waals surface area contributed by atoms with Gasteiger partial charge in [-0.15, -0.1) is 0 Å². The summed E-state index contributed by atoms with van der Waals surface area (Å²) in [6.07, 6.45) is 3.11. The van der Waals surface area contributed by atoms with Crippen LogP contribution in [0, 0.1) is 5.92 Å². The molecule has 0 bridgehead atoms. The van der Waals surface area contributed by atoms with Crippen LogP contribution in [0.4, 0.5) is 0 Å². The van der Waals surface area contributed by atoms with E-state index >= 15 is 0 Å². The molecule has 11 heavy (non-hydrogen) atoms. The summed E-state index contributed by atoms with van der Waals surface area (Å²) in [5.74, 6) is 0.189. The molecule has 1 fully saturated rings. The van der Waals surface area contributed by atoms with Crippen molar-refractivity contribution in [3.63, 3.8) is 0 Å². The molecule has 1 aliphatic heterocycles. The monoisotopic (exact) mass is 175 g/mol. The van der Waals surface area contributed by atoms with Gasteiger partial charge in [0.2, 0.25) is 5.91 Å². The number of nitrogens with zero attached hydrogens (tertiary/aromatic N) is 1. The number of carbonyl (C=O) groups excluding carboxylic acids is 1. The number of rotatable bonds is 0. The van der Waals surface area contributed by atoms with Gasteiger partial charge in [-0.2, -0.15) is 0 Å². The molecule has 0 radical (unpaired) electrons. The molecule has 1 rings (SSSR count). The lowest BCUT2D eigenvalue weighted by molar-refractivity contribution is -0.130. The predicted octanol–water partition coefficient (Wildman–Crippen LogP) is 2.18. The van der Waals surface area contributed by atoms with Crippen LogP contribution in [0.2, 0.25) is 0 Å². The van der Waals surface area contributed by atoms with Crippen molar-refractivity contribution >= 4 is 17.7 Å². The zero-order valence-electron chi connectivity index (χ0n) is 7.01. The molecule has 2 nitrogen and oxygen atoms in total. The summed E-state index contributed by atoms with van der Waals surface area (Å²) in [6, 6.07) is 0.203. The van der Waals surface area contributed by atoms with Crippen molar-refractivity contribution in [3.05, 3.63) is 0 Å². The van der Waals surface area contributed by atoms with E-state index in [-0.39, 0.29) is 17.9 Å². The average Bonchev–Trinajstić information content (AvgIpc) is 2.07. The summed E-state index contributed by atoms with van der Waals surface area (Å²) in [5, 5.41) is 0. The maximum atomic E-state index is 11.3. The molecule has 1 heterocycles. The number of amides is 1. The van der Waals surface area contributed by atoms with Crippen LogP contribution in [0.3, 0.4) is 0 Å². The second-order valence-corrected chi connectivity index (χ2v) is 3.69. The van der Waals surface area contributed by atoms with E-state index in [1.54, 1.807) is 0 Å². The maximum absolute atomic E-state index is 11.3. The lowest BCUT2D eigenvalue weighted by atomic mass is 10.1. The van der Waals surface area contributed by atoms with Crippen molar-refractivity contribution < 1.29 is 4.79 Å². The summed E-state index contributed by atoms with van der Waals surface area (Å²) < 4.78 is 1.36. The Morgan fingerprint density at radius 1 is 1.45 bits per heavy atom. The molecule has 0 N–H and O–H groups in total. The van der Waals surface area contributed by atoms with Gasteiger partial charge in [-0.3, -0.25) is 9.21 Å². The molecule has 64 valence electrons. The van der Waals surface area contributed by atoms with Crippen LogP contribution in [-0.2, 0) is 4.79 Å². The number of halogens is 1. The molecule has 3 heteroatoms. The van der Waals surface area contributed by atoms with E-state index in [0.717, 1.165) is 19.3 Å². The Hall–Kier alpha value is -0.240. The number of hydrogen-bond donors (Lipinski definition) is 0. The minimum atomic E-state index is 0.0802. The minimum absolute atomic E-state index is 0.0802. The Balaban J connectivity index is 2.66. The number of carbonyl (C=O) groups is 1.